The van der Waals surface area contributed by atoms with Crippen molar-refractivity contribution in [2.24, 2.45) is 5.92 Å². The van der Waals surface area contributed by atoms with Crippen LogP contribution in [0.1, 0.15) is 51.0 Å². The number of hydrogen-bond donors (Lipinski definition) is 1. The third kappa shape index (κ3) is 5.19. The summed E-state index contributed by atoms with van der Waals surface area (Å²) in [7, 11) is 0. The van der Waals surface area contributed by atoms with Gasteiger partial charge in [-0.3, -0.25) is 9.78 Å². The van der Waals surface area contributed by atoms with E-state index in [4.69, 9.17) is 0 Å². The fourth-order valence-corrected chi connectivity index (χ4v) is 2.07. The molecule has 1 N–H and O–H groups in total. The summed E-state index contributed by atoms with van der Waals surface area (Å²) < 4.78 is 0. The predicted octanol–water partition coefficient (Wildman–Crippen LogP) is 3.41. The molecule has 0 aliphatic rings. The van der Waals surface area contributed by atoms with Gasteiger partial charge in [0.2, 0.25) is 0 Å². The number of nitrogens with zero attached hydrogens (tertiary/aromatic N) is 2. The molecule has 0 radical (unpaired) electrons. The summed E-state index contributed by atoms with van der Waals surface area (Å²) in [4.78, 5) is 18.2. The van der Waals surface area contributed by atoms with Crippen molar-refractivity contribution in [1.82, 2.24) is 9.88 Å². The maximum Gasteiger partial charge on any atom is 0.272 e. The van der Waals surface area contributed by atoms with E-state index in [1.54, 1.807) is 11.1 Å². The first-order chi connectivity index (χ1) is 9.58. The molecule has 0 saturated heterocycles. The van der Waals surface area contributed by atoms with Gasteiger partial charge in [-0.05, 0) is 44.7 Å². The third-order valence-electron chi connectivity index (χ3n) is 3.32. The fraction of sp³-hybridized carbons (Fsp3) is 0.625. The van der Waals surface area contributed by atoms with E-state index in [1.807, 2.05) is 26.0 Å². The highest BCUT2D eigenvalue weighted by Gasteiger charge is 2.13. The van der Waals surface area contributed by atoms with Crippen LogP contribution in [0.3, 0.4) is 0 Å². The van der Waals surface area contributed by atoms with E-state index in [2.05, 4.69) is 24.1 Å². The van der Waals surface area contributed by atoms with Crippen molar-refractivity contribution in [2.75, 3.05) is 25.0 Å². The van der Waals surface area contributed by atoms with Crippen molar-refractivity contribution in [3.8, 4) is 0 Å². The van der Waals surface area contributed by atoms with Crippen LogP contribution in [-0.4, -0.2) is 35.4 Å². The molecule has 0 aliphatic heterocycles. The standard InChI is InChI=1S/C16H27N3O/c1-5-19(6-2)16(20)15-12-14(9-11-18-15)17-10-7-8-13(3)4/h9,11-13H,5-8,10H2,1-4H3,(H,17,18). The van der Waals surface area contributed by atoms with Crippen LogP contribution in [0, 0.1) is 5.92 Å². The van der Waals surface area contributed by atoms with Crippen LogP contribution in [0.25, 0.3) is 0 Å². The molecule has 0 fully saturated rings. The minimum atomic E-state index is 0.000769. The highest BCUT2D eigenvalue weighted by atomic mass is 16.2. The van der Waals surface area contributed by atoms with Gasteiger partial charge in [0.25, 0.3) is 5.91 Å². The molecule has 112 valence electrons. The van der Waals surface area contributed by atoms with E-state index in [0.29, 0.717) is 18.8 Å². The van der Waals surface area contributed by atoms with Gasteiger partial charge < -0.3 is 10.2 Å². The summed E-state index contributed by atoms with van der Waals surface area (Å²) in [6.07, 6.45) is 4.05. The average molecular weight is 277 g/mol. The van der Waals surface area contributed by atoms with Gasteiger partial charge in [-0.15, -0.1) is 0 Å². The molecular weight excluding hydrogens is 250 g/mol. The quantitative estimate of drug-likeness (QED) is 0.741. The van der Waals surface area contributed by atoms with Gasteiger partial charge in [0.15, 0.2) is 0 Å². The number of anilines is 1. The van der Waals surface area contributed by atoms with E-state index in [0.717, 1.165) is 24.6 Å². The largest absolute Gasteiger partial charge is 0.385 e. The number of carbonyl (C=O) groups is 1. The number of rotatable bonds is 8. The van der Waals surface area contributed by atoms with Gasteiger partial charge in [0, 0.05) is 31.5 Å². The van der Waals surface area contributed by atoms with Crippen LogP contribution in [-0.2, 0) is 0 Å². The lowest BCUT2D eigenvalue weighted by Crippen LogP contribution is -2.31. The molecule has 1 heterocycles. The molecule has 0 aliphatic carbocycles. The van der Waals surface area contributed by atoms with Gasteiger partial charge >= 0.3 is 0 Å². The normalized spacial score (nSPS) is 10.7. The molecule has 4 heteroatoms. The first-order valence-corrected chi connectivity index (χ1v) is 7.57. The molecule has 0 atom stereocenters. The van der Waals surface area contributed by atoms with Crippen LogP contribution in [0.5, 0.6) is 0 Å². The van der Waals surface area contributed by atoms with Crippen molar-refractivity contribution in [3.63, 3.8) is 0 Å². The van der Waals surface area contributed by atoms with Crippen molar-refractivity contribution < 1.29 is 4.79 Å². The van der Waals surface area contributed by atoms with Crippen LogP contribution in [0.15, 0.2) is 18.3 Å². The second-order valence-corrected chi connectivity index (χ2v) is 5.37. The number of pyridine rings is 1. The van der Waals surface area contributed by atoms with Crippen LogP contribution < -0.4 is 5.32 Å². The Balaban J connectivity index is 2.59. The molecule has 1 rings (SSSR count). The Hall–Kier alpha value is -1.58. The molecule has 1 aromatic heterocycles. The molecule has 20 heavy (non-hydrogen) atoms. The van der Waals surface area contributed by atoms with E-state index < -0.39 is 0 Å². The summed E-state index contributed by atoms with van der Waals surface area (Å²) in [5.74, 6) is 0.731. The third-order valence-corrected chi connectivity index (χ3v) is 3.32. The Morgan fingerprint density at radius 3 is 2.65 bits per heavy atom. The number of hydrogen-bond acceptors (Lipinski definition) is 3. The molecule has 1 amide bonds. The highest BCUT2D eigenvalue weighted by molar-refractivity contribution is 5.93. The summed E-state index contributed by atoms with van der Waals surface area (Å²) in [5, 5.41) is 3.36. The smallest absolute Gasteiger partial charge is 0.272 e. The molecule has 0 bridgehead atoms. The molecule has 1 aromatic rings. The topological polar surface area (TPSA) is 45.2 Å². The van der Waals surface area contributed by atoms with E-state index in [-0.39, 0.29) is 5.91 Å². The number of aromatic nitrogens is 1. The maximum absolute atomic E-state index is 12.2. The number of amides is 1. The van der Waals surface area contributed by atoms with Crippen LogP contribution in [0.4, 0.5) is 5.69 Å². The zero-order chi connectivity index (χ0) is 15.0. The van der Waals surface area contributed by atoms with Crippen LogP contribution >= 0.6 is 0 Å². The van der Waals surface area contributed by atoms with Gasteiger partial charge in [-0.1, -0.05) is 13.8 Å². The SMILES string of the molecule is CCN(CC)C(=O)c1cc(NCCCC(C)C)ccn1. The highest BCUT2D eigenvalue weighted by Crippen LogP contribution is 2.11. The second-order valence-electron chi connectivity index (χ2n) is 5.37. The molecule has 0 saturated carbocycles. The Kier molecular flexibility index (Phi) is 7.05. The Morgan fingerprint density at radius 1 is 1.35 bits per heavy atom. The first-order valence-electron chi connectivity index (χ1n) is 7.57. The van der Waals surface area contributed by atoms with Crippen molar-refractivity contribution in [3.05, 3.63) is 24.0 Å². The van der Waals surface area contributed by atoms with E-state index in [9.17, 15) is 4.79 Å². The lowest BCUT2D eigenvalue weighted by Gasteiger charge is -2.18. The Bertz CT molecular complexity index is 414. The number of nitrogens with one attached hydrogen (secondary N) is 1. The Labute approximate surface area is 122 Å². The average Bonchev–Trinajstić information content (AvgIpc) is 2.45. The summed E-state index contributed by atoms with van der Waals surface area (Å²) in [5.41, 5.74) is 1.49. The predicted molar refractivity (Wildman–Crippen MR) is 84.1 cm³/mol. The molecule has 0 aromatic carbocycles. The maximum atomic E-state index is 12.2. The lowest BCUT2D eigenvalue weighted by atomic mass is 10.1. The van der Waals surface area contributed by atoms with Gasteiger partial charge in [-0.25, -0.2) is 0 Å². The van der Waals surface area contributed by atoms with Crippen molar-refractivity contribution in [1.29, 1.82) is 0 Å². The molecular formula is C16H27N3O. The molecule has 0 spiro atoms. The van der Waals surface area contributed by atoms with Gasteiger partial charge in [0.1, 0.15) is 5.69 Å². The van der Waals surface area contributed by atoms with Gasteiger partial charge in [-0.2, -0.15) is 0 Å². The minimum absolute atomic E-state index is 0.000769. The van der Waals surface area contributed by atoms with Crippen LogP contribution in [0.2, 0.25) is 0 Å². The lowest BCUT2D eigenvalue weighted by molar-refractivity contribution is 0.0767. The molecule has 4 nitrogen and oxygen atoms in total. The zero-order valence-corrected chi connectivity index (χ0v) is 13.1. The van der Waals surface area contributed by atoms with E-state index in [1.165, 1.54) is 6.42 Å². The second kappa shape index (κ2) is 8.56. The first kappa shape index (κ1) is 16.5. The zero-order valence-electron chi connectivity index (χ0n) is 13.1. The summed E-state index contributed by atoms with van der Waals surface area (Å²) in [6.45, 7) is 10.8. The van der Waals surface area contributed by atoms with Crippen molar-refractivity contribution in [2.45, 2.75) is 40.5 Å². The minimum Gasteiger partial charge on any atom is -0.385 e. The molecule has 0 unspecified atom stereocenters. The fourth-order valence-electron chi connectivity index (χ4n) is 2.07. The monoisotopic (exact) mass is 277 g/mol. The van der Waals surface area contributed by atoms with E-state index >= 15 is 0 Å². The van der Waals surface area contributed by atoms with Gasteiger partial charge in [0.05, 0.1) is 0 Å². The Morgan fingerprint density at radius 2 is 2.05 bits per heavy atom. The number of carbonyl (C=O) groups excluding carboxylic acids is 1. The summed E-state index contributed by atoms with van der Waals surface area (Å²) >= 11 is 0. The summed E-state index contributed by atoms with van der Waals surface area (Å²) in [6, 6.07) is 3.75. The van der Waals surface area contributed by atoms with Crippen molar-refractivity contribution >= 4 is 11.6 Å².